The summed E-state index contributed by atoms with van der Waals surface area (Å²) in [7, 11) is 0. The lowest BCUT2D eigenvalue weighted by atomic mass is 9.97. The van der Waals surface area contributed by atoms with Crippen molar-refractivity contribution >= 4 is 39.1 Å². The van der Waals surface area contributed by atoms with Gasteiger partial charge < -0.3 is 5.32 Å². The molecule has 1 aliphatic carbocycles. The summed E-state index contributed by atoms with van der Waals surface area (Å²) in [5.74, 6) is 0.476. The Hall–Kier alpha value is -2.88. The Bertz CT molecular complexity index is 1030. The number of amides is 2. The van der Waals surface area contributed by atoms with Gasteiger partial charge in [-0.15, -0.1) is 11.3 Å². The molecule has 0 spiro atoms. The molecule has 1 aromatic carbocycles. The van der Waals surface area contributed by atoms with Crippen molar-refractivity contribution in [3.8, 4) is 0 Å². The largest absolute Gasteiger partial charge is 0.416 e. The highest BCUT2D eigenvalue weighted by molar-refractivity contribution is 7.19. The minimum atomic E-state index is -4.48. The van der Waals surface area contributed by atoms with Crippen LogP contribution in [0.15, 0.2) is 30.6 Å². The Morgan fingerprint density at radius 2 is 1.96 bits per heavy atom. The van der Waals surface area contributed by atoms with Crippen molar-refractivity contribution in [2.24, 2.45) is 0 Å². The molecule has 4 rings (SSSR count). The molecule has 28 heavy (non-hydrogen) atoms. The van der Waals surface area contributed by atoms with E-state index in [4.69, 9.17) is 0 Å². The van der Waals surface area contributed by atoms with Crippen LogP contribution in [0.3, 0.4) is 0 Å². The average molecular weight is 407 g/mol. The number of thiophene rings is 1. The Morgan fingerprint density at radius 1 is 1.14 bits per heavy atom. The molecule has 146 valence electrons. The molecule has 0 aliphatic heterocycles. The summed E-state index contributed by atoms with van der Waals surface area (Å²) in [5, 5.41) is 3.27. The van der Waals surface area contributed by atoms with Gasteiger partial charge in [-0.1, -0.05) is 6.07 Å². The van der Waals surface area contributed by atoms with Crippen LogP contribution in [-0.4, -0.2) is 16.0 Å². The van der Waals surface area contributed by atoms with Crippen LogP contribution in [-0.2, 0) is 19.0 Å². The smallest absolute Gasteiger partial charge is 0.307 e. The fraction of sp³-hybridized carbons (Fsp3) is 0.278. The fourth-order valence-electron chi connectivity index (χ4n) is 3.24. The van der Waals surface area contributed by atoms with Crippen LogP contribution in [0.2, 0.25) is 0 Å². The Balaban J connectivity index is 1.48. The standard InChI is InChI=1S/C18H16F3N5OS/c19-18(20,21)10-4-3-5-11(8-10)24-17(27)26-25-15-14-12-6-1-2-7-13(12)28-16(14)23-9-22-15/h3-5,8-9H,1-2,6-7H2,(H,22,23,25)(H2,24,26,27). The monoisotopic (exact) mass is 407 g/mol. The quantitative estimate of drug-likeness (QED) is 0.548. The summed E-state index contributed by atoms with van der Waals surface area (Å²) in [5.41, 5.74) is 5.59. The number of nitrogens with zero attached hydrogens (tertiary/aromatic N) is 2. The molecule has 10 heteroatoms. The van der Waals surface area contributed by atoms with Crippen LogP contribution in [0, 0.1) is 0 Å². The number of nitrogens with one attached hydrogen (secondary N) is 3. The lowest BCUT2D eigenvalue weighted by molar-refractivity contribution is -0.137. The van der Waals surface area contributed by atoms with Gasteiger partial charge >= 0.3 is 12.2 Å². The maximum Gasteiger partial charge on any atom is 0.416 e. The third-order valence-electron chi connectivity index (χ3n) is 4.49. The molecule has 3 aromatic rings. The maximum atomic E-state index is 12.8. The number of benzene rings is 1. The molecule has 2 heterocycles. The highest BCUT2D eigenvalue weighted by Crippen LogP contribution is 2.38. The van der Waals surface area contributed by atoms with Crippen LogP contribution >= 0.6 is 11.3 Å². The van der Waals surface area contributed by atoms with Crippen molar-refractivity contribution in [2.75, 3.05) is 10.7 Å². The molecule has 0 saturated heterocycles. The summed E-state index contributed by atoms with van der Waals surface area (Å²) in [6, 6.07) is 3.73. The topological polar surface area (TPSA) is 78.9 Å². The summed E-state index contributed by atoms with van der Waals surface area (Å²) >= 11 is 1.63. The number of hydrazine groups is 1. The third kappa shape index (κ3) is 3.72. The zero-order valence-electron chi connectivity index (χ0n) is 14.6. The Kier molecular flexibility index (Phi) is 4.80. The molecule has 0 atom stereocenters. The van der Waals surface area contributed by atoms with E-state index in [2.05, 4.69) is 26.1 Å². The van der Waals surface area contributed by atoms with Gasteiger partial charge in [0.25, 0.3) is 0 Å². The van der Waals surface area contributed by atoms with E-state index in [-0.39, 0.29) is 5.69 Å². The highest BCUT2D eigenvalue weighted by Gasteiger charge is 2.30. The molecule has 0 saturated carbocycles. The second-order valence-corrected chi connectivity index (χ2v) is 7.48. The second-order valence-electron chi connectivity index (χ2n) is 6.40. The lowest BCUT2D eigenvalue weighted by Gasteiger charge is -2.13. The minimum absolute atomic E-state index is 0.0369. The minimum Gasteiger partial charge on any atom is -0.307 e. The zero-order chi connectivity index (χ0) is 19.7. The first-order valence-electron chi connectivity index (χ1n) is 8.67. The van der Waals surface area contributed by atoms with Crippen molar-refractivity contribution < 1.29 is 18.0 Å². The van der Waals surface area contributed by atoms with E-state index < -0.39 is 17.8 Å². The molecule has 1 aliphatic rings. The van der Waals surface area contributed by atoms with Gasteiger partial charge in [-0.2, -0.15) is 13.2 Å². The third-order valence-corrected chi connectivity index (χ3v) is 5.69. The number of alkyl halides is 3. The molecule has 0 bridgehead atoms. The van der Waals surface area contributed by atoms with Crippen LogP contribution in [0.4, 0.5) is 29.5 Å². The summed E-state index contributed by atoms with van der Waals surface area (Å²) in [6.07, 6.45) is 1.13. The van der Waals surface area contributed by atoms with Gasteiger partial charge in [0.1, 0.15) is 11.2 Å². The van der Waals surface area contributed by atoms with Crippen molar-refractivity contribution in [1.82, 2.24) is 15.4 Å². The van der Waals surface area contributed by atoms with Crippen molar-refractivity contribution in [3.05, 3.63) is 46.6 Å². The number of rotatable bonds is 3. The van der Waals surface area contributed by atoms with E-state index in [1.54, 1.807) is 11.3 Å². The van der Waals surface area contributed by atoms with Gasteiger partial charge in [0.2, 0.25) is 0 Å². The Morgan fingerprint density at radius 3 is 2.79 bits per heavy atom. The van der Waals surface area contributed by atoms with E-state index in [0.717, 1.165) is 48.0 Å². The zero-order valence-corrected chi connectivity index (χ0v) is 15.4. The van der Waals surface area contributed by atoms with Crippen LogP contribution in [0.5, 0.6) is 0 Å². The molecule has 0 radical (unpaired) electrons. The van der Waals surface area contributed by atoms with E-state index in [1.165, 1.54) is 28.9 Å². The SMILES string of the molecule is O=C(NNc1ncnc2sc3c(c12)CCCC3)Nc1cccc(C(F)(F)F)c1. The number of carbonyl (C=O) groups is 1. The van der Waals surface area contributed by atoms with Crippen molar-refractivity contribution in [1.29, 1.82) is 0 Å². The van der Waals surface area contributed by atoms with Gasteiger partial charge in [0.15, 0.2) is 5.82 Å². The van der Waals surface area contributed by atoms with Crippen molar-refractivity contribution in [2.45, 2.75) is 31.9 Å². The number of carbonyl (C=O) groups excluding carboxylic acids is 1. The van der Waals surface area contributed by atoms with E-state index >= 15 is 0 Å². The Labute approximate surface area is 162 Å². The first kappa shape index (κ1) is 18.5. The summed E-state index contributed by atoms with van der Waals surface area (Å²) in [4.78, 5) is 22.8. The molecule has 2 amide bonds. The molecule has 3 N–H and O–H groups in total. The van der Waals surface area contributed by atoms with Crippen LogP contribution in [0.25, 0.3) is 10.2 Å². The highest BCUT2D eigenvalue weighted by atomic mass is 32.1. The predicted octanol–water partition coefficient (Wildman–Crippen LogP) is 4.74. The normalized spacial score (nSPS) is 13.8. The summed E-state index contributed by atoms with van der Waals surface area (Å²) < 4.78 is 38.3. The molecule has 0 unspecified atom stereocenters. The van der Waals surface area contributed by atoms with Gasteiger partial charge in [0.05, 0.1) is 10.9 Å². The number of aryl methyl sites for hydroxylation is 2. The number of halogens is 3. The number of fused-ring (bicyclic) bond motifs is 3. The molecular formula is C18H16F3N5OS. The summed E-state index contributed by atoms with van der Waals surface area (Å²) in [6.45, 7) is 0. The fourth-order valence-corrected chi connectivity index (χ4v) is 4.47. The number of aromatic nitrogens is 2. The van der Waals surface area contributed by atoms with Crippen LogP contribution < -0.4 is 16.2 Å². The van der Waals surface area contributed by atoms with Crippen molar-refractivity contribution in [3.63, 3.8) is 0 Å². The average Bonchev–Trinajstić information content (AvgIpc) is 3.05. The van der Waals surface area contributed by atoms with Gasteiger partial charge in [0, 0.05) is 10.6 Å². The van der Waals surface area contributed by atoms with Gasteiger partial charge in [-0.25, -0.2) is 14.8 Å². The van der Waals surface area contributed by atoms with Crippen LogP contribution in [0.1, 0.15) is 28.8 Å². The number of hydrogen-bond donors (Lipinski definition) is 3. The molecule has 6 nitrogen and oxygen atoms in total. The first-order valence-corrected chi connectivity index (χ1v) is 9.49. The second kappa shape index (κ2) is 7.27. The van der Waals surface area contributed by atoms with Gasteiger partial charge in [-0.3, -0.25) is 10.9 Å². The lowest BCUT2D eigenvalue weighted by Crippen LogP contribution is -2.34. The van der Waals surface area contributed by atoms with E-state index in [1.807, 2.05) is 0 Å². The molecular weight excluding hydrogens is 391 g/mol. The maximum absolute atomic E-state index is 12.8. The first-order chi connectivity index (χ1) is 13.4. The number of hydrogen-bond acceptors (Lipinski definition) is 5. The number of urea groups is 1. The molecule has 0 fully saturated rings. The van der Waals surface area contributed by atoms with Gasteiger partial charge in [-0.05, 0) is 49.4 Å². The number of anilines is 2. The van der Waals surface area contributed by atoms with E-state index in [0.29, 0.717) is 5.82 Å². The predicted molar refractivity (Wildman–Crippen MR) is 101 cm³/mol. The van der Waals surface area contributed by atoms with E-state index in [9.17, 15) is 18.0 Å². The molecule has 2 aromatic heterocycles.